The molecular formula is C12H11BrMgO. The van der Waals surface area contributed by atoms with Gasteiger partial charge in [0, 0.05) is 0 Å². The van der Waals surface area contributed by atoms with Crippen LogP contribution in [0.3, 0.4) is 0 Å². The molecule has 0 saturated heterocycles. The summed E-state index contributed by atoms with van der Waals surface area (Å²) in [5, 5.41) is 2.40. The van der Waals surface area contributed by atoms with Gasteiger partial charge in [0.15, 0.2) is 0 Å². The molecule has 0 bridgehead atoms. The summed E-state index contributed by atoms with van der Waals surface area (Å²) in [6, 6.07) is 15.1. The van der Waals surface area contributed by atoms with Crippen LogP contribution >= 0.6 is 0 Å². The molecule has 0 unspecified atom stereocenters. The molecule has 0 spiro atoms. The van der Waals surface area contributed by atoms with E-state index in [0.717, 1.165) is 5.75 Å². The van der Waals surface area contributed by atoms with Crippen molar-refractivity contribution in [2.45, 2.75) is 6.92 Å². The van der Waals surface area contributed by atoms with Gasteiger partial charge in [0.05, 0.1) is 6.61 Å². The van der Waals surface area contributed by atoms with Crippen molar-refractivity contribution < 1.29 is 21.7 Å². The minimum atomic E-state index is 0. The van der Waals surface area contributed by atoms with Crippen LogP contribution in [-0.4, -0.2) is 29.7 Å². The van der Waals surface area contributed by atoms with E-state index in [1.54, 1.807) is 0 Å². The molecule has 74 valence electrons. The minimum absolute atomic E-state index is 0. The van der Waals surface area contributed by atoms with Gasteiger partial charge in [0.2, 0.25) is 0 Å². The van der Waals surface area contributed by atoms with E-state index < -0.39 is 0 Å². The van der Waals surface area contributed by atoms with Crippen LogP contribution in [0.5, 0.6) is 5.75 Å². The summed E-state index contributed by atoms with van der Waals surface area (Å²) >= 11 is 0. The molecule has 0 aromatic heterocycles. The molecule has 0 atom stereocenters. The van der Waals surface area contributed by atoms with E-state index in [1.807, 2.05) is 37.3 Å². The predicted molar refractivity (Wildman–Crippen MR) is 59.7 cm³/mol. The molecule has 0 aliphatic rings. The Morgan fingerprint density at radius 1 is 1.20 bits per heavy atom. The fourth-order valence-electron chi connectivity index (χ4n) is 1.36. The molecular weight excluding hydrogens is 264 g/mol. The normalized spacial score (nSPS) is 8.87. The first-order valence-corrected chi connectivity index (χ1v) is 4.43. The fourth-order valence-corrected chi connectivity index (χ4v) is 1.36. The number of halogens is 1. The van der Waals surface area contributed by atoms with Gasteiger partial charge < -0.3 is 21.7 Å². The zero-order chi connectivity index (χ0) is 9.10. The molecule has 0 saturated carbocycles. The summed E-state index contributed by atoms with van der Waals surface area (Å²) in [6.45, 7) is 2.70. The summed E-state index contributed by atoms with van der Waals surface area (Å²) < 4.78 is 5.40. The van der Waals surface area contributed by atoms with Gasteiger partial charge in [0.25, 0.3) is 0 Å². The Labute approximate surface area is 117 Å². The van der Waals surface area contributed by atoms with Gasteiger partial charge in [-0.1, -0.05) is 0 Å². The minimum Gasteiger partial charge on any atom is -1.00 e. The molecule has 0 radical (unpaired) electrons. The zero-order valence-corrected chi connectivity index (χ0v) is 11.7. The Kier molecular flexibility index (Phi) is 6.97. The van der Waals surface area contributed by atoms with Crippen molar-refractivity contribution in [1.82, 2.24) is 0 Å². The molecule has 2 rings (SSSR count). The maximum Gasteiger partial charge on any atom is 2.00 e. The van der Waals surface area contributed by atoms with E-state index in [-0.39, 0.29) is 40.0 Å². The number of hydrogen-bond donors (Lipinski definition) is 0. The average molecular weight is 275 g/mol. The zero-order valence-electron chi connectivity index (χ0n) is 8.66. The second-order valence-electron chi connectivity index (χ2n) is 2.87. The molecule has 0 aliphatic heterocycles. The van der Waals surface area contributed by atoms with Crippen LogP contribution in [0.15, 0.2) is 36.4 Å². The topological polar surface area (TPSA) is 9.23 Å². The number of benzene rings is 2. The average Bonchev–Trinajstić information content (AvgIpc) is 2.18. The van der Waals surface area contributed by atoms with Gasteiger partial charge in [-0.3, -0.25) is 0 Å². The van der Waals surface area contributed by atoms with Crippen molar-refractivity contribution in [2.75, 3.05) is 6.61 Å². The molecule has 0 N–H and O–H groups in total. The summed E-state index contributed by atoms with van der Waals surface area (Å²) in [5.74, 6) is 0.932. The molecule has 0 amide bonds. The standard InChI is InChI=1S/C12H11O.BrH.Mg/c1-2-13-12-8-7-10-5-3-4-6-11(10)9-12;;/h4-9H,2H2,1H3;1H;/q-1;;+2/p-1. The third-order valence-electron chi connectivity index (χ3n) is 1.97. The van der Waals surface area contributed by atoms with E-state index in [0.29, 0.717) is 6.61 Å². The summed E-state index contributed by atoms with van der Waals surface area (Å²) in [5.41, 5.74) is 0. The van der Waals surface area contributed by atoms with Crippen LogP contribution in [0.2, 0.25) is 0 Å². The SMILES string of the molecule is CCOc1ccc2c[c-]ccc2c1.[Br-].[Mg+2]. The van der Waals surface area contributed by atoms with Crippen molar-refractivity contribution >= 4 is 33.8 Å². The Morgan fingerprint density at radius 3 is 2.73 bits per heavy atom. The van der Waals surface area contributed by atoms with Gasteiger partial charge in [-0.2, -0.15) is 24.3 Å². The smallest absolute Gasteiger partial charge is 1.00 e. The van der Waals surface area contributed by atoms with Crippen LogP contribution in [-0.2, 0) is 0 Å². The van der Waals surface area contributed by atoms with Gasteiger partial charge in [-0.25, -0.2) is 0 Å². The number of rotatable bonds is 2. The maximum absolute atomic E-state index is 5.40. The third kappa shape index (κ3) is 3.67. The molecule has 3 heteroatoms. The monoisotopic (exact) mass is 274 g/mol. The fraction of sp³-hybridized carbons (Fsp3) is 0.167. The molecule has 0 aliphatic carbocycles. The van der Waals surface area contributed by atoms with Crippen LogP contribution < -0.4 is 21.7 Å². The van der Waals surface area contributed by atoms with Crippen LogP contribution in [0, 0.1) is 6.07 Å². The van der Waals surface area contributed by atoms with Crippen molar-refractivity contribution in [3.8, 4) is 5.75 Å². The summed E-state index contributed by atoms with van der Waals surface area (Å²) in [6.07, 6.45) is 0. The Morgan fingerprint density at radius 2 is 2.00 bits per heavy atom. The Hall–Kier alpha value is -0.254. The van der Waals surface area contributed by atoms with Crippen molar-refractivity contribution in [2.24, 2.45) is 0 Å². The first kappa shape index (κ1) is 14.7. The van der Waals surface area contributed by atoms with Crippen LogP contribution in [0.4, 0.5) is 0 Å². The third-order valence-corrected chi connectivity index (χ3v) is 1.97. The van der Waals surface area contributed by atoms with E-state index >= 15 is 0 Å². The van der Waals surface area contributed by atoms with Gasteiger partial charge >= 0.3 is 23.1 Å². The van der Waals surface area contributed by atoms with E-state index in [1.165, 1.54) is 10.8 Å². The number of fused-ring (bicyclic) bond motifs is 1. The summed E-state index contributed by atoms with van der Waals surface area (Å²) in [4.78, 5) is 0. The van der Waals surface area contributed by atoms with Crippen LogP contribution in [0.1, 0.15) is 6.92 Å². The maximum atomic E-state index is 5.40. The molecule has 0 heterocycles. The van der Waals surface area contributed by atoms with E-state index in [4.69, 9.17) is 4.74 Å². The van der Waals surface area contributed by atoms with Gasteiger partial charge in [0.1, 0.15) is 5.75 Å². The predicted octanol–water partition coefficient (Wildman–Crippen LogP) is -0.338. The Bertz CT molecular complexity index is 417. The Balaban J connectivity index is 0.000000980. The number of hydrogen-bond acceptors (Lipinski definition) is 1. The summed E-state index contributed by atoms with van der Waals surface area (Å²) in [7, 11) is 0. The second kappa shape index (κ2) is 7.09. The molecule has 0 fully saturated rings. The van der Waals surface area contributed by atoms with E-state index in [9.17, 15) is 0 Å². The second-order valence-corrected chi connectivity index (χ2v) is 2.87. The van der Waals surface area contributed by atoms with E-state index in [2.05, 4.69) is 12.1 Å². The molecule has 2 aromatic rings. The van der Waals surface area contributed by atoms with Gasteiger partial charge in [-0.15, -0.1) is 16.8 Å². The van der Waals surface area contributed by atoms with Gasteiger partial charge in [-0.05, 0) is 19.1 Å². The largest absolute Gasteiger partial charge is 2.00 e. The quantitative estimate of drug-likeness (QED) is 0.538. The first-order valence-electron chi connectivity index (χ1n) is 4.43. The van der Waals surface area contributed by atoms with Crippen molar-refractivity contribution in [3.05, 3.63) is 42.5 Å². The molecule has 15 heavy (non-hydrogen) atoms. The van der Waals surface area contributed by atoms with Crippen molar-refractivity contribution in [3.63, 3.8) is 0 Å². The molecule has 1 nitrogen and oxygen atoms in total. The number of ether oxygens (including phenoxy) is 1. The van der Waals surface area contributed by atoms with Crippen molar-refractivity contribution in [1.29, 1.82) is 0 Å². The molecule has 2 aromatic carbocycles. The first-order chi connectivity index (χ1) is 6.40. The van der Waals surface area contributed by atoms with Crippen LogP contribution in [0.25, 0.3) is 10.8 Å².